The number of fused-ring (bicyclic) bond motifs is 4. The minimum atomic E-state index is -3.18. The van der Waals surface area contributed by atoms with E-state index in [-0.39, 0.29) is 41.4 Å². The Labute approximate surface area is 279 Å². The largest absolute Gasteiger partial charge is 0.502 e. The van der Waals surface area contributed by atoms with Crippen LogP contribution in [0.25, 0.3) is 0 Å². The number of aromatic hydroxyl groups is 1. The quantitative estimate of drug-likeness (QED) is 0.330. The Kier molecular flexibility index (Phi) is 5.35. The SMILES string of the molecule is [2H]C([2H])([2H])Oc1cc([C@]2([2H])c3cc4c(cc3[C@@H](O[C@@H]3O[C@@H]5CO[C@@H](c6cccs6)O[C@H]5[C@H](O)[C@H]3O)[C@H]3COC(=O)[C@@H]32)OC([2H])([2H])O4)cc(OC([2H])([2H])[2H])c1O. The van der Waals surface area contributed by atoms with Crippen molar-refractivity contribution in [1.82, 2.24) is 0 Å². The molecule has 13 nitrogen and oxygen atoms in total. The Morgan fingerprint density at radius 3 is 2.48 bits per heavy atom. The van der Waals surface area contributed by atoms with Crippen LogP contribution >= 0.6 is 11.3 Å². The fourth-order valence-corrected chi connectivity index (χ4v) is 7.36. The number of carbonyl (C=O) groups is 1. The predicted octanol–water partition coefficient (Wildman–Crippen LogP) is 2.75. The Morgan fingerprint density at radius 1 is 1.00 bits per heavy atom. The van der Waals surface area contributed by atoms with E-state index in [9.17, 15) is 21.5 Å². The van der Waals surface area contributed by atoms with Gasteiger partial charge in [0.2, 0.25) is 12.5 Å². The van der Waals surface area contributed by atoms with Crippen molar-refractivity contribution in [2.75, 3.05) is 34.0 Å². The zero-order chi connectivity index (χ0) is 39.4. The van der Waals surface area contributed by atoms with Gasteiger partial charge in [-0.25, -0.2) is 0 Å². The Morgan fingerprint density at radius 2 is 1.76 bits per heavy atom. The molecule has 3 saturated heterocycles. The highest BCUT2D eigenvalue weighted by Crippen LogP contribution is 2.57. The van der Waals surface area contributed by atoms with E-state index in [0.717, 1.165) is 17.0 Å². The Bertz CT molecular complexity index is 1940. The molecule has 0 spiro atoms. The molecule has 8 rings (SSSR count). The highest BCUT2D eigenvalue weighted by Gasteiger charge is 2.56. The van der Waals surface area contributed by atoms with E-state index in [2.05, 4.69) is 0 Å². The number of aliphatic hydroxyl groups is 2. The van der Waals surface area contributed by atoms with Gasteiger partial charge in [0.1, 0.15) is 27.2 Å². The van der Waals surface area contributed by atoms with E-state index >= 15 is 0 Å². The van der Waals surface area contributed by atoms with Gasteiger partial charge in [-0.2, -0.15) is 0 Å². The third kappa shape index (κ3) is 4.70. The first-order valence-electron chi connectivity index (χ1n) is 18.7. The number of esters is 1. The molecule has 10 atom stereocenters. The standard InChI is InChI=1S/C32H32O13S/c1-37-19-6-13(7-20(38-2)25(19)33)23-14-8-17-18(42-12-41-17)9-15(14)28(16-10-39-30(36)24(16)23)44-32-27(35)26(34)29-21(43-32)11-40-31(45-29)22-4-3-5-46-22/h3-9,16,21,23-24,26-29,31-35H,10-12H2,1-2H3/t16-,21+,23+,24-,26+,27+,28+,29+,31+,32-/m0/s1/i1D3,2D3,12D2,23D. The number of benzene rings is 2. The lowest BCUT2D eigenvalue weighted by Gasteiger charge is -2.48. The second-order valence-electron chi connectivity index (χ2n) is 11.2. The third-order valence-corrected chi connectivity index (χ3v) is 9.67. The van der Waals surface area contributed by atoms with Crippen molar-refractivity contribution in [2.24, 2.45) is 11.8 Å². The van der Waals surface area contributed by atoms with Crippen molar-refractivity contribution in [1.29, 1.82) is 0 Å². The molecule has 244 valence electrons. The molecule has 0 amide bonds. The van der Waals surface area contributed by atoms with E-state index in [1.807, 2.05) is 5.38 Å². The van der Waals surface area contributed by atoms with Crippen molar-refractivity contribution < 1.29 is 75.1 Å². The molecule has 3 N–H and O–H groups in total. The van der Waals surface area contributed by atoms with Gasteiger partial charge in [-0.05, 0) is 52.4 Å². The van der Waals surface area contributed by atoms with Gasteiger partial charge in [-0.3, -0.25) is 4.79 Å². The first-order chi connectivity index (χ1) is 25.7. The maximum Gasteiger partial charge on any atom is 0.310 e. The Balaban J connectivity index is 1.23. The zero-order valence-corrected chi connectivity index (χ0v) is 24.3. The lowest BCUT2D eigenvalue weighted by atomic mass is 9.66. The third-order valence-electron chi connectivity index (χ3n) is 8.78. The van der Waals surface area contributed by atoms with Crippen molar-refractivity contribution in [3.8, 4) is 28.7 Å². The van der Waals surface area contributed by atoms with Crippen molar-refractivity contribution in [2.45, 2.75) is 49.0 Å². The van der Waals surface area contributed by atoms with Gasteiger partial charge in [-0.15, -0.1) is 11.3 Å². The second-order valence-corrected chi connectivity index (χ2v) is 12.2. The molecule has 46 heavy (non-hydrogen) atoms. The van der Waals surface area contributed by atoms with Gasteiger partial charge in [0.05, 0.1) is 52.4 Å². The lowest BCUT2D eigenvalue weighted by Crippen LogP contribution is -2.62. The number of thiophene rings is 1. The van der Waals surface area contributed by atoms with Gasteiger partial charge < -0.3 is 58.0 Å². The van der Waals surface area contributed by atoms with Crippen LogP contribution in [-0.2, 0) is 28.5 Å². The Hall–Kier alpha value is -3.63. The summed E-state index contributed by atoms with van der Waals surface area (Å²) in [6, 6.07) is 7.99. The minimum absolute atomic E-state index is 0.0580. The minimum Gasteiger partial charge on any atom is -0.502 e. The number of ether oxygens (including phenoxy) is 9. The number of rotatable bonds is 6. The molecule has 0 radical (unpaired) electrons. The molecular formula is C32H32O13S. The van der Waals surface area contributed by atoms with Crippen LogP contribution in [0.1, 0.15) is 52.2 Å². The summed E-state index contributed by atoms with van der Waals surface area (Å²) in [6.07, 6.45) is -8.91. The molecule has 2 aromatic carbocycles. The number of methoxy groups -OCH3 is 2. The summed E-state index contributed by atoms with van der Waals surface area (Å²) in [6.45, 7) is -3.09. The second kappa shape index (κ2) is 11.6. The van der Waals surface area contributed by atoms with Crippen LogP contribution in [0.5, 0.6) is 28.7 Å². The molecule has 1 aliphatic carbocycles. The molecule has 0 bridgehead atoms. The predicted molar refractivity (Wildman–Crippen MR) is 156 cm³/mol. The highest BCUT2D eigenvalue weighted by molar-refractivity contribution is 7.10. The fourth-order valence-electron chi connectivity index (χ4n) is 6.65. The summed E-state index contributed by atoms with van der Waals surface area (Å²) in [4.78, 5) is 14.5. The van der Waals surface area contributed by atoms with Crippen molar-refractivity contribution in [3.63, 3.8) is 0 Å². The molecule has 5 heterocycles. The molecule has 3 fully saturated rings. The summed E-state index contributed by atoms with van der Waals surface area (Å²) in [7, 11) is -6.36. The van der Waals surface area contributed by atoms with E-state index in [1.54, 1.807) is 12.1 Å². The maximum absolute atomic E-state index is 13.8. The number of aliphatic hydroxyl groups excluding tert-OH is 2. The normalized spacial score (nSPS) is 40.4. The average molecular weight is 666 g/mol. The van der Waals surface area contributed by atoms with Crippen LogP contribution in [-0.4, -0.2) is 86.0 Å². The van der Waals surface area contributed by atoms with E-state index < -0.39 is 105 Å². The van der Waals surface area contributed by atoms with E-state index in [4.69, 9.17) is 53.6 Å². The molecular weight excluding hydrogens is 624 g/mol. The zero-order valence-electron chi connectivity index (χ0n) is 32.5. The van der Waals surface area contributed by atoms with E-state index in [1.165, 1.54) is 23.5 Å². The molecule has 14 heteroatoms. The van der Waals surface area contributed by atoms with Gasteiger partial charge in [0.25, 0.3) is 0 Å². The topological polar surface area (TPSA) is 161 Å². The van der Waals surface area contributed by atoms with Crippen molar-refractivity contribution in [3.05, 3.63) is 63.3 Å². The van der Waals surface area contributed by atoms with Crippen LogP contribution in [0.3, 0.4) is 0 Å². The van der Waals surface area contributed by atoms with Crippen LogP contribution in [0.15, 0.2) is 41.8 Å². The van der Waals surface area contributed by atoms with Gasteiger partial charge in [0.15, 0.2) is 35.6 Å². The lowest BCUT2D eigenvalue weighted by molar-refractivity contribution is -0.368. The maximum atomic E-state index is 13.8. The van der Waals surface area contributed by atoms with Crippen LogP contribution in [0.2, 0.25) is 0 Å². The number of carbonyl (C=O) groups excluding carboxylic acids is 1. The number of hydrogen-bond donors (Lipinski definition) is 3. The molecule has 3 aromatic rings. The number of phenolic OH excluding ortho intramolecular Hbond substituents is 1. The molecule has 4 aliphatic heterocycles. The average Bonchev–Trinajstić information content (AvgIpc) is 3.83. The summed E-state index contributed by atoms with van der Waals surface area (Å²) < 4.78 is 122. The van der Waals surface area contributed by atoms with Crippen LogP contribution in [0, 0.1) is 11.8 Å². The van der Waals surface area contributed by atoms with Gasteiger partial charge in [0, 0.05) is 13.2 Å². The van der Waals surface area contributed by atoms with Crippen LogP contribution < -0.4 is 18.9 Å². The molecule has 0 unspecified atom stereocenters. The molecule has 1 aromatic heterocycles. The summed E-state index contributed by atoms with van der Waals surface area (Å²) in [5, 5.41) is 35.3. The molecule has 0 saturated carbocycles. The number of cyclic esters (lactones) is 1. The first kappa shape index (κ1) is 21.3. The smallest absolute Gasteiger partial charge is 0.310 e. The van der Waals surface area contributed by atoms with Gasteiger partial charge >= 0.3 is 5.97 Å². The highest BCUT2D eigenvalue weighted by atomic mass is 32.1. The van der Waals surface area contributed by atoms with E-state index in [0.29, 0.717) is 0 Å². The first-order valence-corrected chi connectivity index (χ1v) is 15.1. The fraction of sp³-hybridized carbons (Fsp3) is 0.469. The number of phenols is 1. The summed E-state index contributed by atoms with van der Waals surface area (Å²) in [5.41, 5.74) is -0.348. The monoisotopic (exact) mass is 665 g/mol. The van der Waals surface area contributed by atoms with Crippen molar-refractivity contribution >= 4 is 17.3 Å². The summed E-state index contributed by atoms with van der Waals surface area (Å²) >= 11 is 1.38. The summed E-state index contributed by atoms with van der Waals surface area (Å²) in [5.74, 6) is -8.90. The number of hydrogen-bond acceptors (Lipinski definition) is 14. The molecule has 5 aliphatic rings. The van der Waals surface area contributed by atoms with Gasteiger partial charge in [-0.1, -0.05) is 6.07 Å². The van der Waals surface area contributed by atoms with Crippen LogP contribution in [0.4, 0.5) is 0 Å².